The molecule has 0 aliphatic rings. The van der Waals surface area contributed by atoms with Gasteiger partial charge in [0.1, 0.15) is 5.60 Å². The van der Waals surface area contributed by atoms with Crippen LogP contribution in [0.5, 0.6) is 0 Å². The van der Waals surface area contributed by atoms with Crippen molar-refractivity contribution in [3.63, 3.8) is 0 Å². The molecule has 0 bridgehead atoms. The first-order valence-electron chi connectivity index (χ1n) is 2.84. The van der Waals surface area contributed by atoms with Crippen LogP contribution in [0.4, 0.5) is 0 Å². The fraction of sp³-hybridized carbons (Fsp3) is 0.500. The molecule has 0 amide bonds. The molecule has 0 saturated heterocycles. The maximum atomic E-state index is 9.38. The molecule has 0 fully saturated rings. The maximum Gasteiger partial charge on any atom is 0.112 e. The Balaban J connectivity index is 4.32. The van der Waals surface area contributed by atoms with E-state index < -0.39 is 5.60 Å². The van der Waals surface area contributed by atoms with Crippen molar-refractivity contribution in [1.29, 1.82) is 0 Å². The zero-order valence-electron chi connectivity index (χ0n) is 6.18. The summed E-state index contributed by atoms with van der Waals surface area (Å²) in [6.07, 6.45) is 1.50. The molecular weight excluding hydrogens is 130 g/mol. The average molecular weight is 143 g/mol. The largest absolute Gasteiger partial charge is 0.381 e. The van der Waals surface area contributed by atoms with Gasteiger partial charge in [0.05, 0.1) is 10.2 Å². The molecule has 0 radical (unpaired) electrons. The number of nitrogens with zero attached hydrogens (tertiary/aromatic N) is 1. The molecule has 1 unspecified atom stereocenters. The third-order valence-corrected chi connectivity index (χ3v) is 2.92. The highest BCUT2D eigenvalue weighted by atomic mass is 28.1. The summed E-state index contributed by atoms with van der Waals surface area (Å²) in [4.78, 5) is 3.89. The molecule has 1 N–H and O–H groups in total. The van der Waals surface area contributed by atoms with Crippen LogP contribution in [0.2, 0.25) is 0 Å². The van der Waals surface area contributed by atoms with Gasteiger partial charge in [0.25, 0.3) is 0 Å². The minimum Gasteiger partial charge on any atom is -0.381 e. The van der Waals surface area contributed by atoms with Crippen LogP contribution >= 0.6 is 0 Å². The Hall–Kier alpha value is -0.413. The van der Waals surface area contributed by atoms with Crippen molar-refractivity contribution in [3.05, 3.63) is 12.7 Å². The highest BCUT2D eigenvalue weighted by Crippen LogP contribution is 2.03. The Kier molecular flexibility index (Phi) is 2.80. The summed E-state index contributed by atoms with van der Waals surface area (Å²) in [6, 6.07) is 0. The quantitative estimate of drug-likeness (QED) is 0.310. The highest BCUT2D eigenvalue weighted by Gasteiger charge is 2.17. The van der Waals surface area contributed by atoms with Gasteiger partial charge >= 0.3 is 0 Å². The average Bonchev–Trinajstić information content (AvgIpc) is 1.86. The van der Waals surface area contributed by atoms with E-state index in [-0.39, 0.29) is 0 Å². The van der Waals surface area contributed by atoms with Crippen LogP contribution in [-0.4, -0.2) is 33.3 Å². The topological polar surface area (TPSA) is 32.6 Å². The Morgan fingerprint density at radius 2 is 2.33 bits per heavy atom. The molecule has 1 atom stereocenters. The van der Waals surface area contributed by atoms with Crippen molar-refractivity contribution < 1.29 is 5.11 Å². The normalized spacial score (nSPS) is 19.2. The standard InChI is InChI=1S/C6H13NOSi/c1-4-6(2,8)5(9)7-3/h4,8H,1H2,2-3,9H3. The molecule has 2 nitrogen and oxygen atoms in total. The van der Waals surface area contributed by atoms with E-state index in [1.165, 1.54) is 6.08 Å². The van der Waals surface area contributed by atoms with Crippen LogP contribution in [0.25, 0.3) is 0 Å². The van der Waals surface area contributed by atoms with E-state index in [0.29, 0.717) is 0 Å². The number of hydrogen-bond acceptors (Lipinski definition) is 2. The van der Waals surface area contributed by atoms with Gasteiger partial charge in [-0.3, -0.25) is 4.99 Å². The summed E-state index contributed by atoms with van der Waals surface area (Å²) in [5, 5.41) is 10.2. The molecule has 0 aliphatic heterocycles. The molecule has 0 aromatic rings. The van der Waals surface area contributed by atoms with Crippen molar-refractivity contribution in [2.75, 3.05) is 7.05 Å². The smallest absolute Gasteiger partial charge is 0.112 e. The predicted molar refractivity (Wildman–Crippen MR) is 44.1 cm³/mol. The lowest BCUT2D eigenvalue weighted by Crippen LogP contribution is -2.32. The summed E-state index contributed by atoms with van der Waals surface area (Å²) in [5.74, 6) is 0. The fourth-order valence-electron chi connectivity index (χ4n) is 0.374. The highest BCUT2D eigenvalue weighted by molar-refractivity contribution is 6.62. The van der Waals surface area contributed by atoms with Gasteiger partial charge in [-0.1, -0.05) is 12.7 Å². The van der Waals surface area contributed by atoms with Gasteiger partial charge in [0, 0.05) is 12.4 Å². The molecule has 3 heteroatoms. The van der Waals surface area contributed by atoms with E-state index in [4.69, 9.17) is 0 Å². The van der Waals surface area contributed by atoms with Crippen LogP contribution in [0, 0.1) is 0 Å². The van der Waals surface area contributed by atoms with Gasteiger partial charge in [-0.25, -0.2) is 0 Å². The number of rotatable bonds is 2. The fourth-order valence-corrected chi connectivity index (χ4v) is 0.578. The molecule has 9 heavy (non-hydrogen) atoms. The van der Waals surface area contributed by atoms with Crippen LogP contribution in [0.3, 0.4) is 0 Å². The molecule has 0 heterocycles. The molecule has 0 spiro atoms. The summed E-state index contributed by atoms with van der Waals surface area (Å²) < 4.78 is 0. The van der Waals surface area contributed by atoms with Gasteiger partial charge in [0.2, 0.25) is 0 Å². The summed E-state index contributed by atoms with van der Waals surface area (Å²) >= 11 is 0. The molecule has 0 aromatic heterocycles. The Morgan fingerprint density at radius 3 is 2.44 bits per heavy atom. The second kappa shape index (κ2) is 2.94. The van der Waals surface area contributed by atoms with Crippen LogP contribution in [0.1, 0.15) is 6.92 Å². The van der Waals surface area contributed by atoms with Gasteiger partial charge in [-0.15, -0.1) is 0 Å². The SMILES string of the molecule is C=CC(C)(O)C([SiH3])=NC. The minimum atomic E-state index is -0.874. The summed E-state index contributed by atoms with van der Waals surface area (Å²) in [5.41, 5.74) is -0.874. The van der Waals surface area contributed by atoms with E-state index in [1.807, 2.05) is 0 Å². The Morgan fingerprint density at radius 1 is 1.89 bits per heavy atom. The van der Waals surface area contributed by atoms with Crippen LogP contribution in [-0.2, 0) is 0 Å². The predicted octanol–water partition coefficient (Wildman–Crippen LogP) is -0.683. The Labute approximate surface area is 58.7 Å². The monoisotopic (exact) mass is 143 g/mol. The van der Waals surface area contributed by atoms with Crippen molar-refractivity contribution >= 4 is 15.6 Å². The van der Waals surface area contributed by atoms with E-state index in [2.05, 4.69) is 11.6 Å². The third-order valence-electron chi connectivity index (χ3n) is 1.47. The van der Waals surface area contributed by atoms with Crippen molar-refractivity contribution in [3.8, 4) is 0 Å². The van der Waals surface area contributed by atoms with Crippen molar-refractivity contribution in [2.45, 2.75) is 12.5 Å². The second-order valence-corrected chi connectivity index (χ2v) is 3.11. The van der Waals surface area contributed by atoms with Gasteiger partial charge in [0.15, 0.2) is 0 Å². The molecular formula is C6H13NOSi. The Bertz CT molecular complexity index is 140. The number of aliphatic imine (C=N–C) groups is 1. The lowest BCUT2D eigenvalue weighted by atomic mass is 10.1. The van der Waals surface area contributed by atoms with E-state index in [0.717, 1.165) is 15.6 Å². The van der Waals surface area contributed by atoms with E-state index in [1.54, 1.807) is 14.0 Å². The first-order chi connectivity index (χ1) is 4.04. The van der Waals surface area contributed by atoms with E-state index in [9.17, 15) is 5.11 Å². The molecule has 52 valence electrons. The minimum absolute atomic E-state index is 0.787. The van der Waals surface area contributed by atoms with Crippen molar-refractivity contribution in [1.82, 2.24) is 0 Å². The zero-order chi connectivity index (χ0) is 7.49. The summed E-state index contributed by atoms with van der Waals surface area (Å²) in [7, 11) is 2.47. The lowest BCUT2D eigenvalue weighted by molar-refractivity contribution is 0.187. The zero-order valence-corrected chi connectivity index (χ0v) is 8.18. The summed E-state index contributed by atoms with van der Waals surface area (Å²) in [6.45, 7) is 5.18. The maximum absolute atomic E-state index is 9.38. The molecule has 0 rings (SSSR count). The first-order valence-corrected chi connectivity index (χ1v) is 3.84. The second-order valence-electron chi connectivity index (χ2n) is 2.16. The number of aliphatic hydroxyl groups is 1. The third kappa shape index (κ3) is 2.11. The molecule has 0 aliphatic carbocycles. The lowest BCUT2D eigenvalue weighted by Gasteiger charge is -2.17. The van der Waals surface area contributed by atoms with Crippen molar-refractivity contribution in [2.24, 2.45) is 4.99 Å². The molecule has 0 aromatic carbocycles. The van der Waals surface area contributed by atoms with Crippen LogP contribution in [0.15, 0.2) is 17.6 Å². The van der Waals surface area contributed by atoms with Gasteiger partial charge < -0.3 is 5.11 Å². The number of hydrogen-bond donors (Lipinski definition) is 1. The van der Waals surface area contributed by atoms with Gasteiger partial charge in [-0.2, -0.15) is 0 Å². The molecule has 0 saturated carbocycles. The first kappa shape index (κ1) is 8.59. The van der Waals surface area contributed by atoms with Gasteiger partial charge in [-0.05, 0) is 6.92 Å². The van der Waals surface area contributed by atoms with E-state index >= 15 is 0 Å². The van der Waals surface area contributed by atoms with Crippen LogP contribution < -0.4 is 0 Å².